The lowest BCUT2D eigenvalue weighted by atomic mass is 10.1. The predicted molar refractivity (Wildman–Crippen MR) is 61.0 cm³/mol. The molecule has 1 rings (SSSR count). The molecule has 0 aromatic carbocycles. The normalized spacial score (nSPS) is 12.2. The Morgan fingerprint density at radius 2 is 2.38 bits per heavy atom. The van der Waals surface area contributed by atoms with Crippen LogP contribution in [-0.2, 0) is 0 Å². The first-order valence-electron chi connectivity index (χ1n) is 5.08. The van der Waals surface area contributed by atoms with E-state index in [4.69, 9.17) is 11.6 Å². The van der Waals surface area contributed by atoms with Crippen LogP contribution < -0.4 is 5.32 Å². The molecule has 3 nitrogen and oxygen atoms in total. The maximum atomic E-state index is 12.8. The quantitative estimate of drug-likeness (QED) is 0.807. The fourth-order valence-corrected chi connectivity index (χ4v) is 1.57. The molecule has 0 spiro atoms. The number of nitrogens with zero attached hydrogens (tertiary/aromatic N) is 1. The van der Waals surface area contributed by atoms with Gasteiger partial charge in [0, 0.05) is 18.6 Å². The van der Waals surface area contributed by atoms with Gasteiger partial charge in [0.2, 0.25) is 0 Å². The number of carbonyl (C=O) groups is 1. The molecule has 0 aliphatic heterocycles. The summed E-state index contributed by atoms with van der Waals surface area (Å²) in [5.74, 6) is 0.0521. The minimum atomic E-state index is -0.513. The molecule has 1 amide bonds. The van der Waals surface area contributed by atoms with E-state index in [0.717, 1.165) is 18.7 Å². The van der Waals surface area contributed by atoms with Crippen molar-refractivity contribution in [1.82, 2.24) is 10.3 Å². The van der Waals surface area contributed by atoms with E-state index in [-0.39, 0.29) is 11.5 Å². The summed E-state index contributed by atoms with van der Waals surface area (Å²) in [6.45, 7) is 2.52. The number of rotatable bonds is 5. The average molecular weight is 245 g/mol. The molecule has 88 valence electrons. The molecule has 0 aliphatic carbocycles. The van der Waals surface area contributed by atoms with Crippen LogP contribution in [0.1, 0.15) is 23.7 Å². The fraction of sp³-hybridized carbons (Fsp3) is 0.455. The van der Waals surface area contributed by atoms with E-state index in [0.29, 0.717) is 18.3 Å². The summed E-state index contributed by atoms with van der Waals surface area (Å²) in [5.41, 5.74) is 0.234. The molecule has 1 aromatic rings. The Hall–Kier alpha value is -1.16. The highest BCUT2D eigenvalue weighted by molar-refractivity contribution is 6.17. The maximum absolute atomic E-state index is 12.8. The van der Waals surface area contributed by atoms with Crippen LogP contribution in [0.4, 0.5) is 4.39 Å². The lowest BCUT2D eigenvalue weighted by molar-refractivity contribution is 0.0947. The molecule has 5 heteroatoms. The predicted octanol–water partition coefficient (Wildman–Crippen LogP) is 2.22. The van der Waals surface area contributed by atoms with Gasteiger partial charge in [-0.2, -0.15) is 0 Å². The zero-order chi connectivity index (χ0) is 12.0. The Morgan fingerprint density at radius 3 is 3.00 bits per heavy atom. The van der Waals surface area contributed by atoms with Gasteiger partial charge in [0.05, 0.1) is 11.8 Å². The van der Waals surface area contributed by atoms with Gasteiger partial charge in [0.25, 0.3) is 5.91 Å². The van der Waals surface area contributed by atoms with Crippen molar-refractivity contribution in [3.63, 3.8) is 0 Å². The van der Waals surface area contributed by atoms with Crippen LogP contribution in [0.25, 0.3) is 0 Å². The third-order valence-electron chi connectivity index (χ3n) is 2.18. The topological polar surface area (TPSA) is 42.0 Å². The standard InChI is InChI=1S/C11H14ClFN2O/c1-8(2-3-12)5-15-11(16)9-4-10(13)7-14-6-9/h4,6-8H,2-3,5H2,1H3,(H,15,16). The number of nitrogens with one attached hydrogen (secondary N) is 1. The van der Waals surface area contributed by atoms with Crippen molar-refractivity contribution < 1.29 is 9.18 Å². The summed E-state index contributed by atoms with van der Waals surface area (Å²) in [4.78, 5) is 15.2. The molecule has 0 saturated carbocycles. The first-order valence-corrected chi connectivity index (χ1v) is 5.61. The highest BCUT2D eigenvalue weighted by Crippen LogP contribution is 2.03. The van der Waals surface area contributed by atoms with Gasteiger partial charge in [-0.3, -0.25) is 9.78 Å². The van der Waals surface area contributed by atoms with E-state index >= 15 is 0 Å². The van der Waals surface area contributed by atoms with E-state index in [9.17, 15) is 9.18 Å². The molecule has 1 unspecified atom stereocenters. The highest BCUT2D eigenvalue weighted by atomic mass is 35.5. The van der Waals surface area contributed by atoms with Crippen LogP contribution >= 0.6 is 11.6 Å². The van der Waals surface area contributed by atoms with Crippen LogP contribution in [0.15, 0.2) is 18.5 Å². The lowest BCUT2D eigenvalue weighted by Gasteiger charge is -2.10. The van der Waals surface area contributed by atoms with Gasteiger partial charge < -0.3 is 5.32 Å². The molecule has 0 radical (unpaired) electrons. The Balaban J connectivity index is 2.47. The van der Waals surface area contributed by atoms with Crippen LogP contribution in [0, 0.1) is 11.7 Å². The number of amides is 1. The van der Waals surface area contributed by atoms with E-state index in [1.807, 2.05) is 6.92 Å². The average Bonchev–Trinajstić information content (AvgIpc) is 2.26. The third kappa shape index (κ3) is 4.14. The third-order valence-corrected chi connectivity index (χ3v) is 2.40. The van der Waals surface area contributed by atoms with Crippen molar-refractivity contribution in [3.8, 4) is 0 Å². The highest BCUT2D eigenvalue weighted by Gasteiger charge is 2.08. The Morgan fingerprint density at radius 1 is 1.62 bits per heavy atom. The minimum absolute atomic E-state index is 0.234. The van der Waals surface area contributed by atoms with Crippen molar-refractivity contribution in [2.45, 2.75) is 13.3 Å². The second kappa shape index (κ2) is 6.43. The molecular weight excluding hydrogens is 231 g/mol. The fourth-order valence-electron chi connectivity index (χ4n) is 1.19. The summed E-state index contributed by atoms with van der Waals surface area (Å²) in [5, 5.41) is 2.71. The summed E-state index contributed by atoms with van der Waals surface area (Å²) in [7, 11) is 0. The van der Waals surface area contributed by atoms with Crippen molar-refractivity contribution in [3.05, 3.63) is 29.8 Å². The Bertz CT molecular complexity index is 360. The molecule has 1 N–H and O–H groups in total. The first-order chi connectivity index (χ1) is 7.63. The van der Waals surface area contributed by atoms with Gasteiger partial charge in [-0.25, -0.2) is 4.39 Å². The first kappa shape index (κ1) is 12.9. The summed E-state index contributed by atoms with van der Waals surface area (Å²) >= 11 is 5.58. The van der Waals surface area contributed by atoms with Gasteiger partial charge in [-0.15, -0.1) is 11.6 Å². The van der Waals surface area contributed by atoms with E-state index in [1.165, 1.54) is 6.20 Å². The summed E-state index contributed by atoms with van der Waals surface area (Å²) in [6, 6.07) is 1.16. The van der Waals surface area contributed by atoms with Gasteiger partial charge >= 0.3 is 0 Å². The van der Waals surface area contributed by atoms with Gasteiger partial charge in [0.1, 0.15) is 5.82 Å². The molecule has 0 bridgehead atoms. The lowest BCUT2D eigenvalue weighted by Crippen LogP contribution is -2.28. The molecular formula is C11H14ClFN2O. The molecule has 0 aliphatic rings. The largest absolute Gasteiger partial charge is 0.352 e. The summed E-state index contributed by atoms with van der Waals surface area (Å²) in [6.07, 6.45) is 3.24. The molecule has 1 atom stereocenters. The zero-order valence-corrected chi connectivity index (χ0v) is 9.80. The second-order valence-electron chi connectivity index (χ2n) is 3.68. The SMILES string of the molecule is CC(CCCl)CNC(=O)c1cncc(F)c1. The maximum Gasteiger partial charge on any atom is 0.252 e. The second-order valence-corrected chi connectivity index (χ2v) is 4.06. The minimum Gasteiger partial charge on any atom is -0.352 e. The number of halogens is 2. The zero-order valence-electron chi connectivity index (χ0n) is 9.04. The number of hydrogen-bond acceptors (Lipinski definition) is 2. The van der Waals surface area contributed by atoms with Crippen LogP contribution in [0.5, 0.6) is 0 Å². The monoisotopic (exact) mass is 244 g/mol. The van der Waals surface area contributed by atoms with E-state index in [2.05, 4.69) is 10.3 Å². The van der Waals surface area contributed by atoms with Crippen LogP contribution in [0.2, 0.25) is 0 Å². The molecule has 16 heavy (non-hydrogen) atoms. The Kier molecular flexibility index (Phi) is 5.19. The Labute approximate surface area is 99.0 Å². The molecule has 1 heterocycles. The van der Waals surface area contributed by atoms with Crippen molar-refractivity contribution in [2.24, 2.45) is 5.92 Å². The molecule has 0 saturated heterocycles. The number of aromatic nitrogens is 1. The van der Waals surface area contributed by atoms with Crippen molar-refractivity contribution >= 4 is 17.5 Å². The van der Waals surface area contributed by atoms with Crippen molar-refractivity contribution in [1.29, 1.82) is 0 Å². The van der Waals surface area contributed by atoms with E-state index < -0.39 is 5.82 Å². The molecule has 0 fully saturated rings. The van der Waals surface area contributed by atoms with Crippen LogP contribution in [0.3, 0.4) is 0 Å². The number of alkyl halides is 1. The number of hydrogen-bond donors (Lipinski definition) is 1. The number of carbonyl (C=O) groups excluding carboxylic acids is 1. The molecule has 1 aromatic heterocycles. The van der Waals surface area contributed by atoms with Gasteiger partial charge in [-0.05, 0) is 18.4 Å². The van der Waals surface area contributed by atoms with Crippen molar-refractivity contribution in [2.75, 3.05) is 12.4 Å². The van der Waals surface area contributed by atoms with Crippen LogP contribution in [-0.4, -0.2) is 23.3 Å². The van der Waals surface area contributed by atoms with Gasteiger partial charge in [0.15, 0.2) is 0 Å². The van der Waals surface area contributed by atoms with Gasteiger partial charge in [-0.1, -0.05) is 6.92 Å². The number of pyridine rings is 1. The smallest absolute Gasteiger partial charge is 0.252 e. The summed E-state index contributed by atoms with van der Waals surface area (Å²) < 4.78 is 12.8. The van der Waals surface area contributed by atoms with E-state index in [1.54, 1.807) is 0 Å².